The Morgan fingerprint density at radius 2 is 2.31 bits per heavy atom. The van der Waals surface area contributed by atoms with Crippen molar-refractivity contribution < 1.29 is 14.3 Å². The van der Waals surface area contributed by atoms with Crippen LogP contribution in [0.5, 0.6) is 0 Å². The highest BCUT2D eigenvalue weighted by Gasteiger charge is 2.08. The Labute approximate surface area is 97.6 Å². The molecule has 0 aromatic heterocycles. The average molecular weight is 247 g/mol. The van der Waals surface area contributed by atoms with E-state index in [1.807, 2.05) is 0 Å². The zero-order valence-corrected chi connectivity index (χ0v) is 9.46. The predicted octanol–water partition coefficient (Wildman–Crippen LogP) is 1.94. The highest BCUT2D eigenvalue weighted by atomic mass is 35.5. The van der Waals surface area contributed by atoms with Gasteiger partial charge in [0.25, 0.3) is 0 Å². The number of rotatable bonds is 3. The van der Waals surface area contributed by atoms with Gasteiger partial charge in [-0.3, -0.25) is 0 Å². The van der Waals surface area contributed by atoms with Gasteiger partial charge in [0.15, 0.2) is 0 Å². The van der Waals surface area contributed by atoms with Crippen molar-refractivity contribution in [3.8, 4) is 0 Å². The molecule has 0 spiro atoms. The Morgan fingerprint density at radius 3 is 2.88 bits per heavy atom. The van der Waals surface area contributed by atoms with E-state index < -0.39 is 11.8 Å². The number of benzene rings is 1. The topological polar surface area (TPSA) is 52.6 Å². The molecule has 16 heavy (non-hydrogen) atoms. The molecule has 1 rings (SSSR count). The molecule has 0 radical (unpaired) electrons. The Morgan fingerprint density at radius 1 is 1.62 bits per heavy atom. The Balaban J connectivity index is 2.66. The number of amides is 2. The molecule has 0 saturated carbocycles. The standard InChI is InChI=1S/C10H12ClFN2O2/c1-14(4-5-15)10(16)13-7-2-3-9(12)8(11)6-7/h2-3,6,15H,4-5H2,1H3,(H,13,16). The first-order valence-electron chi connectivity index (χ1n) is 4.62. The minimum Gasteiger partial charge on any atom is -0.395 e. The summed E-state index contributed by atoms with van der Waals surface area (Å²) in [6.07, 6.45) is 0. The Bertz CT molecular complexity index is 387. The van der Waals surface area contributed by atoms with Gasteiger partial charge < -0.3 is 15.3 Å². The molecule has 0 fully saturated rings. The van der Waals surface area contributed by atoms with Crippen LogP contribution >= 0.6 is 11.6 Å². The van der Waals surface area contributed by atoms with Crippen LogP contribution in [0.3, 0.4) is 0 Å². The lowest BCUT2D eigenvalue weighted by Gasteiger charge is -2.16. The van der Waals surface area contributed by atoms with Gasteiger partial charge in [0.2, 0.25) is 0 Å². The summed E-state index contributed by atoms with van der Waals surface area (Å²) >= 11 is 5.56. The lowest BCUT2D eigenvalue weighted by Crippen LogP contribution is -2.33. The van der Waals surface area contributed by atoms with Crippen LogP contribution in [0.1, 0.15) is 0 Å². The zero-order valence-electron chi connectivity index (χ0n) is 8.70. The molecule has 0 atom stereocenters. The second-order valence-corrected chi connectivity index (χ2v) is 3.61. The van der Waals surface area contributed by atoms with Crippen molar-refractivity contribution in [1.82, 2.24) is 4.90 Å². The van der Waals surface area contributed by atoms with Crippen LogP contribution in [0.25, 0.3) is 0 Å². The third-order valence-electron chi connectivity index (χ3n) is 1.95. The molecule has 2 amide bonds. The summed E-state index contributed by atoms with van der Waals surface area (Å²) in [5.41, 5.74) is 0.404. The molecule has 0 aliphatic rings. The van der Waals surface area contributed by atoms with Crippen molar-refractivity contribution in [2.24, 2.45) is 0 Å². The van der Waals surface area contributed by atoms with Crippen LogP contribution < -0.4 is 5.32 Å². The zero-order chi connectivity index (χ0) is 12.1. The van der Waals surface area contributed by atoms with Gasteiger partial charge in [0, 0.05) is 19.3 Å². The molecule has 2 N–H and O–H groups in total. The van der Waals surface area contributed by atoms with E-state index in [2.05, 4.69) is 5.32 Å². The minimum atomic E-state index is -0.539. The van der Waals surface area contributed by atoms with E-state index in [9.17, 15) is 9.18 Å². The van der Waals surface area contributed by atoms with E-state index >= 15 is 0 Å². The van der Waals surface area contributed by atoms with E-state index in [0.29, 0.717) is 5.69 Å². The lowest BCUT2D eigenvalue weighted by atomic mass is 10.3. The highest BCUT2D eigenvalue weighted by molar-refractivity contribution is 6.31. The normalized spacial score (nSPS) is 10.0. The third kappa shape index (κ3) is 3.36. The van der Waals surface area contributed by atoms with Gasteiger partial charge >= 0.3 is 6.03 Å². The average Bonchev–Trinajstić information content (AvgIpc) is 2.24. The maximum absolute atomic E-state index is 12.8. The fraction of sp³-hybridized carbons (Fsp3) is 0.300. The largest absolute Gasteiger partial charge is 0.395 e. The van der Waals surface area contributed by atoms with Crippen molar-refractivity contribution in [1.29, 1.82) is 0 Å². The van der Waals surface area contributed by atoms with Crippen molar-refractivity contribution >= 4 is 23.3 Å². The molecule has 1 aromatic carbocycles. The number of likely N-dealkylation sites (N-methyl/N-ethyl adjacent to an activating group) is 1. The number of hydrogen-bond acceptors (Lipinski definition) is 2. The Hall–Kier alpha value is -1.33. The number of hydrogen-bond donors (Lipinski definition) is 2. The van der Waals surface area contributed by atoms with E-state index in [0.717, 1.165) is 0 Å². The van der Waals surface area contributed by atoms with Crippen molar-refractivity contribution in [2.45, 2.75) is 0 Å². The molecule has 0 aliphatic carbocycles. The van der Waals surface area contributed by atoms with Crippen LogP contribution in [-0.2, 0) is 0 Å². The first-order chi connectivity index (χ1) is 7.54. The third-order valence-corrected chi connectivity index (χ3v) is 2.24. The van der Waals surface area contributed by atoms with Gasteiger partial charge in [-0.2, -0.15) is 0 Å². The highest BCUT2D eigenvalue weighted by Crippen LogP contribution is 2.19. The molecule has 4 nitrogen and oxygen atoms in total. The van der Waals surface area contributed by atoms with E-state index in [-0.39, 0.29) is 18.2 Å². The molecule has 1 aromatic rings. The van der Waals surface area contributed by atoms with Gasteiger partial charge in [-0.15, -0.1) is 0 Å². The van der Waals surface area contributed by atoms with Gasteiger partial charge in [-0.1, -0.05) is 11.6 Å². The van der Waals surface area contributed by atoms with Crippen LogP contribution in [0.15, 0.2) is 18.2 Å². The number of urea groups is 1. The van der Waals surface area contributed by atoms with Crippen LogP contribution in [0, 0.1) is 5.82 Å². The van der Waals surface area contributed by atoms with Crippen LogP contribution in [-0.4, -0.2) is 36.2 Å². The van der Waals surface area contributed by atoms with E-state index in [4.69, 9.17) is 16.7 Å². The fourth-order valence-electron chi connectivity index (χ4n) is 1.04. The number of nitrogens with zero attached hydrogens (tertiary/aromatic N) is 1. The Kier molecular flexibility index (Phi) is 4.52. The number of carbonyl (C=O) groups excluding carboxylic acids is 1. The molecule has 6 heteroatoms. The molecular weight excluding hydrogens is 235 g/mol. The molecule has 0 aliphatic heterocycles. The summed E-state index contributed by atoms with van der Waals surface area (Å²) in [7, 11) is 1.54. The summed E-state index contributed by atoms with van der Waals surface area (Å²) < 4.78 is 12.8. The molecular formula is C10H12ClFN2O2. The number of halogens is 2. The molecule has 0 saturated heterocycles. The fourth-order valence-corrected chi connectivity index (χ4v) is 1.22. The number of anilines is 1. The van der Waals surface area contributed by atoms with Gasteiger partial charge in [0.05, 0.1) is 11.6 Å². The monoisotopic (exact) mass is 246 g/mol. The maximum Gasteiger partial charge on any atom is 0.321 e. The number of carbonyl (C=O) groups is 1. The van der Waals surface area contributed by atoms with Crippen molar-refractivity contribution in [3.05, 3.63) is 29.0 Å². The van der Waals surface area contributed by atoms with E-state index in [1.165, 1.54) is 30.1 Å². The second-order valence-electron chi connectivity index (χ2n) is 3.20. The first kappa shape index (κ1) is 12.7. The van der Waals surface area contributed by atoms with E-state index in [1.54, 1.807) is 0 Å². The smallest absolute Gasteiger partial charge is 0.321 e. The number of aliphatic hydroxyl groups excluding tert-OH is 1. The number of nitrogens with one attached hydrogen (secondary N) is 1. The summed E-state index contributed by atoms with van der Waals surface area (Å²) in [5, 5.41) is 11.1. The van der Waals surface area contributed by atoms with Crippen molar-refractivity contribution in [2.75, 3.05) is 25.5 Å². The first-order valence-corrected chi connectivity index (χ1v) is 5.00. The molecule has 0 heterocycles. The number of aliphatic hydroxyl groups is 1. The molecule has 88 valence electrons. The minimum absolute atomic E-state index is 0.0531. The van der Waals surface area contributed by atoms with Gasteiger partial charge in [0.1, 0.15) is 5.82 Å². The maximum atomic E-state index is 12.8. The molecule has 0 unspecified atom stereocenters. The van der Waals surface area contributed by atoms with Gasteiger partial charge in [-0.05, 0) is 18.2 Å². The second kappa shape index (κ2) is 5.67. The SMILES string of the molecule is CN(CCO)C(=O)Nc1ccc(F)c(Cl)c1. The van der Waals surface area contributed by atoms with Crippen LogP contribution in [0.4, 0.5) is 14.9 Å². The lowest BCUT2D eigenvalue weighted by molar-refractivity contribution is 0.202. The summed E-state index contributed by atoms with van der Waals surface area (Å²) in [5.74, 6) is -0.539. The summed E-state index contributed by atoms with van der Waals surface area (Å²) in [4.78, 5) is 12.8. The molecule has 0 bridgehead atoms. The quantitative estimate of drug-likeness (QED) is 0.856. The summed E-state index contributed by atoms with van der Waals surface area (Å²) in [6.45, 7) is 0.106. The van der Waals surface area contributed by atoms with Gasteiger partial charge in [-0.25, -0.2) is 9.18 Å². The van der Waals surface area contributed by atoms with Crippen molar-refractivity contribution in [3.63, 3.8) is 0 Å². The summed E-state index contributed by atoms with van der Waals surface area (Å²) in [6, 6.07) is 3.51. The predicted molar refractivity (Wildman–Crippen MR) is 60.1 cm³/mol. The van der Waals surface area contributed by atoms with Crippen LogP contribution in [0.2, 0.25) is 5.02 Å².